The predicted octanol–water partition coefficient (Wildman–Crippen LogP) is 4.83. The second-order valence-corrected chi connectivity index (χ2v) is 6.28. The Kier molecular flexibility index (Phi) is 3.90. The van der Waals surface area contributed by atoms with Gasteiger partial charge in [0.2, 0.25) is 0 Å². The molecular formula is C16H15BrClNO. The number of anilines is 1. The molecule has 1 atom stereocenters. The van der Waals surface area contributed by atoms with Crippen LogP contribution >= 0.6 is 27.5 Å². The van der Waals surface area contributed by atoms with Gasteiger partial charge in [0.05, 0.1) is 6.54 Å². The van der Waals surface area contributed by atoms with Gasteiger partial charge in [0.1, 0.15) is 11.9 Å². The molecule has 0 radical (unpaired) electrons. The molecule has 0 bridgehead atoms. The molecule has 2 aromatic carbocycles. The molecule has 0 aliphatic carbocycles. The summed E-state index contributed by atoms with van der Waals surface area (Å²) in [4.78, 5) is 0. The van der Waals surface area contributed by atoms with Crippen LogP contribution in [0.5, 0.6) is 5.75 Å². The van der Waals surface area contributed by atoms with Crippen molar-refractivity contribution < 1.29 is 4.74 Å². The van der Waals surface area contributed by atoms with Crippen molar-refractivity contribution in [1.82, 2.24) is 0 Å². The summed E-state index contributed by atoms with van der Waals surface area (Å²) < 4.78 is 7.04. The number of hydrogen-bond acceptors (Lipinski definition) is 2. The zero-order valence-electron chi connectivity index (χ0n) is 11.1. The number of nitrogens with one attached hydrogen (secondary N) is 1. The van der Waals surface area contributed by atoms with Crippen LogP contribution in [0.2, 0.25) is 5.02 Å². The lowest BCUT2D eigenvalue weighted by molar-refractivity contribution is 0.246. The van der Waals surface area contributed by atoms with E-state index >= 15 is 0 Å². The van der Waals surface area contributed by atoms with Crippen LogP contribution in [-0.4, -0.2) is 12.6 Å². The van der Waals surface area contributed by atoms with Gasteiger partial charge in [0.15, 0.2) is 0 Å². The van der Waals surface area contributed by atoms with E-state index in [0.29, 0.717) is 0 Å². The molecule has 1 unspecified atom stereocenters. The molecule has 0 saturated carbocycles. The van der Waals surface area contributed by atoms with Gasteiger partial charge in [0, 0.05) is 21.6 Å². The van der Waals surface area contributed by atoms with Crippen molar-refractivity contribution in [2.75, 3.05) is 11.9 Å². The topological polar surface area (TPSA) is 21.3 Å². The molecular weight excluding hydrogens is 338 g/mol. The van der Waals surface area contributed by atoms with Gasteiger partial charge in [-0.25, -0.2) is 0 Å². The van der Waals surface area contributed by atoms with Crippen LogP contribution in [0.3, 0.4) is 0 Å². The fraction of sp³-hybridized carbons (Fsp3) is 0.250. The number of benzene rings is 2. The van der Waals surface area contributed by atoms with Crippen molar-refractivity contribution in [3.05, 3.63) is 57.0 Å². The summed E-state index contributed by atoms with van der Waals surface area (Å²) in [6, 6.07) is 12.0. The number of ether oxygens (including phenoxy) is 1. The molecule has 104 valence electrons. The molecule has 0 fully saturated rings. The Bertz CT molecular complexity index is 644. The SMILES string of the molecule is Cc1c(Br)cccc1NCC1Cc2cc(Cl)ccc2O1. The monoisotopic (exact) mass is 351 g/mol. The molecule has 1 aliphatic heterocycles. The van der Waals surface area contributed by atoms with Crippen LogP contribution in [0, 0.1) is 6.92 Å². The average molecular weight is 353 g/mol. The number of hydrogen-bond donors (Lipinski definition) is 1. The van der Waals surface area contributed by atoms with Gasteiger partial charge in [-0.05, 0) is 48.4 Å². The first kappa shape index (κ1) is 13.8. The highest BCUT2D eigenvalue weighted by molar-refractivity contribution is 9.10. The quantitative estimate of drug-likeness (QED) is 0.854. The van der Waals surface area contributed by atoms with E-state index in [9.17, 15) is 0 Å². The summed E-state index contributed by atoms with van der Waals surface area (Å²) in [7, 11) is 0. The summed E-state index contributed by atoms with van der Waals surface area (Å²) >= 11 is 9.55. The summed E-state index contributed by atoms with van der Waals surface area (Å²) in [5.74, 6) is 0.951. The maximum atomic E-state index is 6.01. The van der Waals surface area contributed by atoms with Crippen molar-refractivity contribution >= 4 is 33.2 Å². The van der Waals surface area contributed by atoms with E-state index in [1.165, 1.54) is 11.1 Å². The van der Waals surface area contributed by atoms with E-state index in [2.05, 4.69) is 34.2 Å². The molecule has 0 amide bonds. The Morgan fingerprint density at radius 2 is 2.20 bits per heavy atom. The van der Waals surface area contributed by atoms with Gasteiger partial charge in [-0.2, -0.15) is 0 Å². The lowest BCUT2D eigenvalue weighted by Gasteiger charge is -2.15. The van der Waals surface area contributed by atoms with Crippen LogP contribution in [0.1, 0.15) is 11.1 Å². The van der Waals surface area contributed by atoms with Gasteiger partial charge < -0.3 is 10.1 Å². The highest BCUT2D eigenvalue weighted by Crippen LogP contribution is 2.31. The van der Waals surface area contributed by atoms with Crippen LogP contribution in [0.4, 0.5) is 5.69 Å². The highest BCUT2D eigenvalue weighted by Gasteiger charge is 2.22. The molecule has 1 aliphatic rings. The zero-order chi connectivity index (χ0) is 14.1. The van der Waals surface area contributed by atoms with Gasteiger partial charge in [-0.1, -0.05) is 33.6 Å². The normalized spacial score (nSPS) is 16.6. The van der Waals surface area contributed by atoms with E-state index in [1.54, 1.807) is 0 Å². The summed E-state index contributed by atoms with van der Waals surface area (Å²) in [5.41, 5.74) is 3.54. The smallest absolute Gasteiger partial charge is 0.123 e. The zero-order valence-corrected chi connectivity index (χ0v) is 13.5. The molecule has 1 N–H and O–H groups in total. The van der Waals surface area contributed by atoms with Crippen LogP contribution in [0.15, 0.2) is 40.9 Å². The minimum absolute atomic E-state index is 0.154. The lowest BCUT2D eigenvalue weighted by atomic mass is 10.1. The average Bonchev–Trinajstić information content (AvgIpc) is 2.82. The number of halogens is 2. The van der Waals surface area contributed by atoms with Crippen LogP contribution in [-0.2, 0) is 6.42 Å². The van der Waals surface area contributed by atoms with E-state index in [4.69, 9.17) is 16.3 Å². The Morgan fingerprint density at radius 1 is 1.35 bits per heavy atom. The second kappa shape index (κ2) is 5.66. The molecule has 0 aromatic heterocycles. The molecule has 20 heavy (non-hydrogen) atoms. The lowest BCUT2D eigenvalue weighted by Crippen LogP contribution is -2.24. The minimum Gasteiger partial charge on any atom is -0.488 e. The Labute approximate surface area is 132 Å². The molecule has 1 heterocycles. The fourth-order valence-electron chi connectivity index (χ4n) is 2.43. The van der Waals surface area contributed by atoms with Crippen molar-refractivity contribution in [3.8, 4) is 5.75 Å². The number of rotatable bonds is 3. The standard InChI is InChI=1S/C16H15BrClNO/c1-10-14(17)3-2-4-15(10)19-9-13-8-11-7-12(18)5-6-16(11)20-13/h2-7,13,19H,8-9H2,1H3. The van der Waals surface area contributed by atoms with Crippen molar-refractivity contribution in [2.24, 2.45) is 0 Å². The third-order valence-corrected chi connectivity index (χ3v) is 4.65. The van der Waals surface area contributed by atoms with Gasteiger partial charge in [-0.3, -0.25) is 0 Å². The predicted molar refractivity (Wildman–Crippen MR) is 86.9 cm³/mol. The Balaban J connectivity index is 1.65. The largest absolute Gasteiger partial charge is 0.488 e. The first-order valence-corrected chi connectivity index (χ1v) is 7.74. The van der Waals surface area contributed by atoms with E-state index in [0.717, 1.165) is 33.9 Å². The Morgan fingerprint density at radius 3 is 3.05 bits per heavy atom. The maximum absolute atomic E-state index is 6.01. The molecule has 2 nitrogen and oxygen atoms in total. The molecule has 0 spiro atoms. The van der Waals surface area contributed by atoms with Crippen molar-refractivity contribution in [1.29, 1.82) is 0 Å². The summed E-state index contributed by atoms with van der Waals surface area (Å²) in [6.07, 6.45) is 1.05. The van der Waals surface area contributed by atoms with Gasteiger partial charge in [0.25, 0.3) is 0 Å². The molecule has 0 saturated heterocycles. The van der Waals surface area contributed by atoms with Crippen molar-refractivity contribution in [3.63, 3.8) is 0 Å². The maximum Gasteiger partial charge on any atom is 0.123 e. The summed E-state index contributed by atoms with van der Waals surface area (Å²) in [5, 5.41) is 4.22. The first-order valence-electron chi connectivity index (χ1n) is 6.57. The third-order valence-electron chi connectivity index (χ3n) is 3.55. The number of fused-ring (bicyclic) bond motifs is 1. The van der Waals surface area contributed by atoms with E-state index in [-0.39, 0.29) is 6.10 Å². The highest BCUT2D eigenvalue weighted by atomic mass is 79.9. The van der Waals surface area contributed by atoms with E-state index in [1.807, 2.05) is 30.3 Å². The fourth-order valence-corrected chi connectivity index (χ4v) is 2.99. The van der Waals surface area contributed by atoms with Crippen LogP contribution < -0.4 is 10.1 Å². The third kappa shape index (κ3) is 2.79. The first-order chi connectivity index (χ1) is 9.63. The molecule has 2 aromatic rings. The minimum atomic E-state index is 0.154. The Hall–Kier alpha value is -1.19. The van der Waals surface area contributed by atoms with Crippen molar-refractivity contribution in [2.45, 2.75) is 19.4 Å². The van der Waals surface area contributed by atoms with E-state index < -0.39 is 0 Å². The van der Waals surface area contributed by atoms with Gasteiger partial charge >= 0.3 is 0 Å². The molecule has 3 rings (SSSR count). The second-order valence-electron chi connectivity index (χ2n) is 4.99. The van der Waals surface area contributed by atoms with Gasteiger partial charge in [-0.15, -0.1) is 0 Å². The summed E-state index contributed by atoms with van der Waals surface area (Å²) in [6.45, 7) is 2.88. The molecule has 4 heteroatoms. The van der Waals surface area contributed by atoms with Crippen LogP contribution in [0.25, 0.3) is 0 Å².